The maximum atomic E-state index is 12.2. The molecule has 1 atom stereocenters. The number of hydrogen-bond donors (Lipinski definition) is 0. The summed E-state index contributed by atoms with van der Waals surface area (Å²) in [6.45, 7) is 8.04. The highest BCUT2D eigenvalue weighted by Crippen LogP contribution is 2.27. The molecule has 1 aliphatic heterocycles. The van der Waals surface area contributed by atoms with Crippen LogP contribution < -0.4 is 0 Å². The molecule has 1 aromatic heterocycles. The lowest BCUT2D eigenvalue weighted by atomic mass is 9.84. The Labute approximate surface area is 108 Å². The Balaban J connectivity index is 1.92. The van der Waals surface area contributed by atoms with E-state index >= 15 is 0 Å². The molecule has 0 saturated carbocycles. The fourth-order valence-corrected chi connectivity index (χ4v) is 2.63. The lowest BCUT2D eigenvalue weighted by Crippen LogP contribution is -2.39. The van der Waals surface area contributed by atoms with E-state index in [4.69, 9.17) is 4.52 Å². The van der Waals surface area contributed by atoms with Crippen LogP contribution in [0.3, 0.4) is 0 Å². The molecule has 1 aliphatic rings. The smallest absolute Gasteiger partial charge is 0.276 e. The Hall–Kier alpha value is -1.32. The van der Waals surface area contributed by atoms with Gasteiger partial charge in [-0.3, -0.25) is 4.79 Å². The Bertz CT molecular complexity index is 406. The predicted molar refractivity (Wildman–Crippen MR) is 69.3 cm³/mol. The molecule has 1 aromatic rings. The zero-order valence-corrected chi connectivity index (χ0v) is 11.5. The largest absolute Gasteiger partial charge is 0.361 e. The molecule has 1 unspecified atom stereocenters. The maximum absolute atomic E-state index is 12.2. The zero-order chi connectivity index (χ0) is 13.1. The fraction of sp³-hybridized carbons (Fsp3) is 0.714. The van der Waals surface area contributed by atoms with Crippen LogP contribution in [0.5, 0.6) is 0 Å². The molecule has 1 saturated heterocycles. The van der Waals surface area contributed by atoms with E-state index in [1.165, 1.54) is 6.42 Å². The van der Waals surface area contributed by atoms with Crippen molar-refractivity contribution in [1.82, 2.24) is 10.1 Å². The Morgan fingerprint density at radius 1 is 1.56 bits per heavy atom. The molecule has 0 bridgehead atoms. The Morgan fingerprint density at radius 3 is 2.72 bits per heavy atom. The quantitative estimate of drug-likeness (QED) is 0.828. The van der Waals surface area contributed by atoms with Gasteiger partial charge in [0.05, 0.1) is 0 Å². The summed E-state index contributed by atoms with van der Waals surface area (Å²) in [5, 5.41) is 3.79. The van der Waals surface area contributed by atoms with Crippen LogP contribution in [-0.2, 0) is 0 Å². The molecular weight excluding hydrogens is 228 g/mol. The third kappa shape index (κ3) is 2.74. The first-order valence-electron chi connectivity index (χ1n) is 6.84. The normalized spacial score (nSPS) is 18.9. The Morgan fingerprint density at radius 2 is 2.22 bits per heavy atom. The molecule has 0 N–H and O–H groups in total. The summed E-state index contributed by atoms with van der Waals surface area (Å²) < 4.78 is 4.96. The van der Waals surface area contributed by atoms with Crippen LogP contribution >= 0.6 is 0 Å². The number of piperidine rings is 1. The molecule has 4 heteroatoms. The lowest BCUT2D eigenvalue weighted by molar-refractivity contribution is 0.0651. The minimum Gasteiger partial charge on any atom is -0.361 e. The van der Waals surface area contributed by atoms with Gasteiger partial charge in [0.1, 0.15) is 5.76 Å². The number of hydrogen-bond acceptors (Lipinski definition) is 3. The molecule has 0 aliphatic carbocycles. The summed E-state index contributed by atoms with van der Waals surface area (Å²) >= 11 is 0. The lowest BCUT2D eigenvalue weighted by Gasteiger charge is -2.34. The van der Waals surface area contributed by atoms with E-state index in [9.17, 15) is 4.79 Å². The second-order valence-corrected chi connectivity index (χ2v) is 5.34. The zero-order valence-electron chi connectivity index (χ0n) is 11.5. The van der Waals surface area contributed by atoms with E-state index in [1.54, 1.807) is 13.0 Å². The number of likely N-dealkylation sites (tertiary alicyclic amines) is 1. The van der Waals surface area contributed by atoms with Crippen LogP contribution in [0.1, 0.15) is 49.4 Å². The third-order valence-corrected chi connectivity index (χ3v) is 4.12. The predicted octanol–water partition coefficient (Wildman–Crippen LogP) is 2.88. The summed E-state index contributed by atoms with van der Waals surface area (Å²) in [7, 11) is 0. The highest BCUT2D eigenvalue weighted by Gasteiger charge is 2.27. The molecule has 0 spiro atoms. The van der Waals surface area contributed by atoms with Crippen LogP contribution in [0.15, 0.2) is 10.6 Å². The van der Waals surface area contributed by atoms with Crippen molar-refractivity contribution in [3.8, 4) is 0 Å². The van der Waals surface area contributed by atoms with Gasteiger partial charge in [-0.25, -0.2) is 0 Å². The minimum absolute atomic E-state index is 0.00875. The van der Waals surface area contributed by atoms with E-state index in [-0.39, 0.29) is 5.91 Å². The number of carbonyl (C=O) groups is 1. The number of aryl methyl sites for hydroxylation is 1. The van der Waals surface area contributed by atoms with Crippen molar-refractivity contribution in [2.24, 2.45) is 11.8 Å². The first-order chi connectivity index (χ1) is 8.61. The van der Waals surface area contributed by atoms with Gasteiger partial charge in [-0.05, 0) is 31.6 Å². The average molecular weight is 250 g/mol. The molecule has 100 valence electrons. The molecule has 18 heavy (non-hydrogen) atoms. The molecule has 0 radical (unpaired) electrons. The number of nitrogens with zero attached hydrogens (tertiary/aromatic N) is 2. The minimum atomic E-state index is 0.00875. The van der Waals surface area contributed by atoms with E-state index < -0.39 is 0 Å². The fourth-order valence-electron chi connectivity index (χ4n) is 2.63. The van der Waals surface area contributed by atoms with Crippen molar-refractivity contribution in [3.63, 3.8) is 0 Å². The molecule has 2 rings (SSSR count). The summed E-state index contributed by atoms with van der Waals surface area (Å²) in [5.74, 6) is 2.22. The number of rotatable bonds is 3. The summed E-state index contributed by atoms with van der Waals surface area (Å²) in [5.41, 5.74) is 0.439. The Kier molecular flexibility index (Phi) is 4.04. The standard InChI is InChI=1S/C14H22N2O2/c1-4-10(2)12-5-7-16(8-6-12)14(17)13-9-11(3)18-15-13/h9-10,12H,4-8H2,1-3H3. The first-order valence-corrected chi connectivity index (χ1v) is 6.84. The van der Waals surface area contributed by atoms with Gasteiger partial charge in [-0.1, -0.05) is 25.4 Å². The van der Waals surface area contributed by atoms with Crippen molar-refractivity contribution in [3.05, 3.63) is 17.5 Å². The van der Waals surface area contributed by atoms with E-state index in [0.29, 0.717) is 11.5 Å². The monoisotopic (exact) mass is 250 g/mol. The summed E-state index contributed by atoms with van der Waals surface area (Å²) in [6.07, 6.45) is 3.44. The summed E-state index contributed by atoms with van der Waals surface area (Å²) in [6, 6.07) is 1.71. The number of aromatic nitrogens is 1. The van der Waals surface area contributed by atoms with Crippen LogP contribution in [0.25, 0.3) is 0 Å². The van der Waals surface area contributed by atoms with E-state index in [2.05, 4.69) is 19.0 Å². The SMILES string of the molecule is CCC(C)C1CCN(C(=O)c2cc(C)on2)CC1. The van der Waals surface area contributed by atoms with Crippen LogP contribution in [0.2, 0.25) is 0 Å². The van der Waals surface area contributed by atoms with Crippen LogP contribution in [0.4, 0.5) is 0 Å². The van der Waals surface area contributed by atoms with E-state index in [0.717, 1.165) is 37.8 Å². The highest BCUT2D eigenvalue weighted by atomic mass is 16.5. The van der Waals surface area contributed by atoms with Crippen molar-refractivity contribution in [2.75, 3.05) is 13.1 Å². The van der Waals surface area contributed by atoms with Gasteiger partial charge < -0.3 is 9.42 Å². The topological polar surface area (TPSA) is 46.3 Å². The molecule has 0 aromatic carbocycles. The van der Waals surface area contributed by atoms with Crippen LogP contribution in [0, 0.1) is 18.8 Å². The van der Waals surface area contributed by atoms with Crippen molar-refractivity contribution >= 4 is 5.91 Å². The van der Waals surface area contributed by atoms with Gasteiger partial charge in [0.15, 0.2) is 5.69 Å². The van der Waals surface area contributed by atoms with Gasteiger partial charge in [-0.2, -0.15) is 0 Å². The van der Waals surface area contributed by atoms with Crippen molar-refractivity contribution in [2.45, 2.75) is 40.0 Å². The van der Waals surface area contributed by atoms with Crippen LogP contribution in [-0.4, -0.2) is 29.1 Å². The molecule has 4 nitrogen and oxygen atoms in total. The van der Waals surface area contributed by atoms with Gasteiger partial charge in [-0.15, -0.1) is 0 Å². The van der Waals surface area contributed by atoms with Crippen molar-refractivity contribution in [1.29, 1.82) is 0 Å². The number of amides is 1. The first kappa shape index (κ1) is 13.1. The van der Waals surface area contributed by atoms with E-state index in [1.807, 2.05) is 4.90 Å². The molecule has 1 fully saturated rings. The second-order valence-electron chi connectivity index (χ2n) is 5.34. The average Bonchev–Trinajstić information content (AvgIpc) is 2.84. The molecular formula is C14H22N2O2. The number of carbonyl (C=O) groups excluding carboxylic acids is 1. The van der Waals surface area contributed by atoms with Gasteiger partial charge in [0, 0.05) is 19.2 Å². The van der Waals surface area contributed by atoms with Gasteiger partial charge in [0.25, 0.3) is 5.91 Å². The highest BCUT2D eigenvalue weighted by molar-refractivity contribution is 5.92. The molecule has 2 heterocycles. The third-order valence-electron chi connectivity index (χ3n) is 4.12. The summed E-state index contributed by atoms with van der Waals surface area (Å²) in [4.78, 5) is 14.1. The van der Waals surface area contributed by atoms with Gasteiger partial charge in [0.2, 0.25) is 0 Å². The van der Waals surface area contributed by atoms with Gasteiger partial charge >= 0.3 is 0 Å². The molecule has 1 amide bonds. The maximum Gasteiger partial charge on any atom is 0.276 e. The second kappa shape index (κ2) is 5.55. The van der Waals surface area contributed by atoms with Crippen molar-refractivity contribution < 1.29 is 9.32 Å².